The van der Waals surface area contributed by atoms with Crippen LogP contribution in [0.2, 0.25) is 4.34 Å². The van der Waals surface area contributed by atoms with E-state index in [1.54, 1.807) is 11.3 Å². The molecule has 0 fully saturated rings. The van der Waals surface area contributed by atoms with Gasteiger partial charge in [-0.25, -0.2) is 4.98 Å². The Bertz CT molecular complexity index is 575. The molecule has 0 aliphatic rings. The summed E-state index contributed by atoms with van der Waals surface area (Å²) in [5, 5.41) is 0. The first kappa shape index (κ1) is 14.9. The number of hydrogen-bond donors (Lipinski definition) is 1. The van der Waals surface area contributed by atoms with E-state index in [9.17, 15) is 0 Å². The molecule has 0 saturated carbocycles. The summed E-state index contributed by atoms with van der Waals surface area (Å²) in [4.78, 5) is 11.4. The summed E-state index contributed by atoms with van der Waals surface area (Å²) in [6.07, 6.45) is 2.37. The number of nitrogen functional groups attached to an aromatic ring is 1. The van der Waals surface area contributed by atoms with Gasteiger partial charge >= 0.3 is 0 Å². The molecule has 0 unspecified atom stereocenters. The normalized spacial score (nSPS) is 10.6. The number of nitrogens with two attached hydrogens (primary N) is 1. The maximum atomic E-state index is 6.07. The van der Waals surface area contributed by atoms with E-state index < -0.39 is 0 Å². The fourth-order valence-electron chi connectivity index (χ4n) is 1.73. The largest absolute Gasteiger partial charge is 0.476 e. The van der Waals surface area contributed by atoms with Gasteiger partial charge in [0.15, 0.2) is 5.82 Å². The minimum absolute atomic E-state index is 0.438. The fraction of sp³-hybridized carbons (Fsp3) is 0.385. The Morgan fingerprint density at radius 2 is 2.20 bits per heavy atom. The van der Waals surface area contributed by atoms with Gasteiger partial charge in [0.1, 0.15) is 12.0 Å². The van der Waals surface area contributed by atoms with Crippen LogP contribution in [-0.4, -0.2) is 23.6 Å². The van der Waals surface area contributed by atoms with Crippen LogP contribution < -0.4 is 15.4 Å². The average Bonchev–Trinajstić information content (AvgIpc) is 2.83. The highest BCUT2D eigenvalue weighted by Gasteiger charge is 2.14. The first-order chi connectivity index (χ1) is 9.61. The predicted octanol–water partition coefficient (Wildman–Crippen LogP) is 3.20. The summed E-state index contributed by atoms with van der Waals surface area (Å²) in [5.74, 6) is 1.10. The lowest BCUT2D eigenvalue weighted by atomic mass is 10.4. The summed E-state index contributed by atoms with van der Waals surface area (Å²) in [6, 6.07) is 3.88. The van der Waals surface area contributed by atoms with Crippen molar-refractivity contribution in [2.45, 2.75) is 19.9 Å². The van der Waals surface area contributed by atoms with Crippen molar-refractivity contribution in [2.24, 2.45) is 0 Å². The van der Waals surface area contributed by atoms with E-state index in [2.05, 4.69) is 9.97 Å². The van der Waals surface area contributed by atoms with Gasteiger partial charge in [-0.2, -0.15) is 4.98 Å². The van der Waals surface area contributed by atoms with Crippen molar-refractivity contribution in [1.82, 2.24) is 9.97 Å². The Morgan fingerprint density at radius 3 is 2.85 bits per heavy atom. The van der Waals surface area contributed by atoms with Crippen molar-refractivity contribution in [2.75, 3.05) is 24.3 Å². The van der Waals surface area contributed by atoms with Crippen molar-refractivity contribution in [1.29, 1.82) is 0 Å². The zero-order valence-corrected chi connectivity index (χ0v) is 13.0. The second-order valence-corrected chi connectivity index (χ2v) is 6.13. The second-order valence-electron chi connectivity index (χ2n) is 4.33. The Labute approximate surface area is 127 Å². The molecule has 0 aliphatic heterocycles. The van der Waals surface area contributed by atoms with E-state index in [1.165, 1.54) is 6.33 Å². The van der Waals surface area contributed by atoms with Gasteiger partial charge in [-0.15, -0.1) is 11.3 Å². The topological polar surface area (TPSA) is 64.3 Å². The van der Waals surface area contributed by atoms with Crippen LogP contribution in [0.4, 0.5) is 11.5 Å². The number of thiophene rings is 1. The first-order valence-electron chi connectivity index (χ1n) is 6.30. The molecular weight excluding hydrogens is 296 g/mol. The molecule has 0 saturated heterocycles. The van der Waals surface area contributed by atoms with Crippen molar-refractivity contribution >= 4 is 34.4 Å². The van der Waals surface area contributed by atoms with Crippen molar-refractivity contribution < 1.29 is 4.74 Å². The van der Waals surface area contributed by atoms with Crippen molar-refractivity contribution in [3.8, 4) is 5.88 Å². The standard InChI is InChI=1S/C13H17ClN4OS/c1-3-6-19-13-11(15)12(16-8-17-13)18(2)7-9-4-5-10(14)20-9/h4-5,8H,3,6-7,15H2,1-2H3. The Hall–Kier alpha value is -1.53. The SMILES string of the molecule is CCCOc1ncnc(N(C)Cc2ccc(Cl)s2)c1N. The number of anilines is 2. The van der Waals surface area contributed by atoms with Gasteiger partial charge in [-0.3, -0.25) is 0 Å². The van der Waals surface area contributed by atoms with Crippen LogP contribution in [0.5, 0.6) is 5.88 Å². The highest BCUT2D eigenvalue weighted by atomic mass is 35.5. The molecule has 7 heteroatoms. The van der Waals surface area contributed by atoms with Gasteiger partial charge in [-0.1, -0.05) is 18.5 Å². The number of ether oxygens (including phenoxy) is 1. The van der Waals surface area contributed by atoms with Crippen LogP contribution in [0.25, 0.3) is 0 Å². The second kappa shape index (κ2) is 6.76. The van der Waals surface area contributed by atoms with Gasteiger partial charge in [-0.05, 0) is 18.6 Å². The Kier molecular flexibility index (Phi) is 5.03. The van der Waals surface area contributed by atoms with Gasteiger partial charge in [0.05, 0.1) is 17.5 Å². The summed E-state index contributed by atoms with van der Waals surface area (Å²) < 4.78 is 6.28. The molecule has 108 valence electrons. The zero-order valence-electron chi connectivity index (χ0n) is 11.5. The molecule has 2 aromatic heterocycles. The van der Waals surface area contributed by atoms with Crippen molar-refractivity contribution in [3.63, 3.8) is 0 Å². The summed E-state index contributed by atoms with van der Waals surface area (Å²) in [6.45, 7) is 3.31. The van der Waals surface area contributed by atoms with E-state index >= 15 is 0 Å². The van der Waals surface area contributed by atoms with Crippen LogP contribution in [0.15, 0.2) is 18.5 Å². The quantitative estimate of drug-likeness (QED) is 0.887. The lowest BCUT2D eigenvalue weighted by Crippen LogP contribution is -2.19. The van der Waals surface area contributed by atoms with Gasteiger partial charge in [0.2, 0.25) is 5.88 Å². The monoisotopic (exact) mass is 312 g/mol. The average molecular weight is 313 g/mol. The Balaban J connectivity index is 2.14. The molecule has 2 N–H and O–H groups in total. The summed E-state index contributed by atoms with van der Waals surface area (Å²) in [7, 11) is 1.93. The lowest BCUT2D eigenvalue weighted by molar-refractivity contribution is 0.306. The molecule has 5 nitrogen and oxygen atoms in total. The van der Waals surface area contributed by atoms with E-state index in [-0.39, 0.29) is 0 Å². The van der Waals surface area contributed by atoms with Crippen LogP contribution in [0.3, 0.4) is 0 Å². The molecule has 0 radical (unpaired) electrons. The molecule has 0 atom stereocenters. The maximum Gasteiger partial charge on any atom is 0.242 e. The van der Waals surface area contributed by atoms with E-state index in [1.807, 2.05) is 31.0 Å². The number of aromatic nitrogens is 2. The molecule has 20 heavy (non-hydrogen) atoms. The molecule has 2 heterocycles. The van der Waals surface area contributed by atoms with Gasteiger partial charge in [0.25, 0.3) is 0 Å². The number of halogens is 1. The van der Waals surface area contributed by atoms with E-state index in [0.29, 0.717) is 30.5 Å². The summed E-state index contributed by atoms with van der Waals surface area (Å²) in [5.41, 5.74) is 6.53. The van der Waals surface area contributed by atoms with Crippen LogP contribution in [0, 0.1) is 0 Å². The molecule has 2 aromatic rings. The predicted molar refractivity (Wildman–Crippen MR) is 83.7 cm³/mol. The fourth-order valence-corrected chi connectivity index (χ4v) is 2.88. The first-order valence-corrected chi connectivity index (χ1v) is 7.50. The van der Waals surface area contributed by atoms with E-state index in [4.69, 9.17) is 22.1 Å². The molecule has 0 amide bonds. The third-order valence-electron chi connectivity index (χ3n) is 2.65. The third kappa shape index (κ3) is 3.52. The lowest BCUT2D eigenvalue weighted by Gasteiger charge is -2.19. The number of rotatable bonds is 6. The van der Waals surface area contributed by atoms with E-state index in [0.717, 1.165) is 15.6 Å². The molecule has 2 rings (SSSR count). The highest BCUT2D eigenvalue weighted by molar-refractivity contribution is 7.16. The van der Waals surface area contributed by atoms with Crippen LogP contribution >= 0.6 is 22.9 Å². The van der Waals surface area contributed by atoms with Crippen LogP contribution in [0.1, 0.15) is 18.2 Å². The molecular formula is C13H17ClN4OS. The smallest absolute Gasteiger partial charge is 0.242 e. The van der Waals surface area contributed by atoms with Crippen molar-refractivity contribution in [3.05, 3.63) is 27.7 Å². The van der Waals surface area contributed by atoms with Crippen LogP contribution in [-0.2, 0) is 6.54 Å². The number of nitrogens with zero attached hydrogens (tertiary/aromatic N) is 3. The number of hydrogen-bond acceptors (Lipinski definition) is 6. The minimum atomic E-state index is 0.438. The highest BCUT2D eigenvalue weighted by Crippen LogP contribution is 2.29. The minimum Gasteiger partial charge on any atom is -0.476 e. The summed E-state index contributed by atoms with van der Waals surface area (Å²) >= 11 is 7.48. The maximum absolute atomic E-state index is 6.07. The molecule has 0 aliphatic carbocycles. The molecule has 0 aromatic carbocycles. The molecule has 0 bridgehead atoms. The van der Waals surface area contributed by atoms with Gasteiger partial charge < -0.3 is 15.4 Å². The Morgan fingerprint density at radius 1 is 1.40 bits per heavy atom. The van der Waals surface area contributed by atoms with Gasteiger partial charge in [0, 0.05) is 11.9 Å². The molecule has 0 spiro atoms. The zero-order chi connectivity index (χ0) is 14.5. The third-order valence-corrected chi connectivity index (χ3v) is 3.87.